The van der Waals surface area contributed by atoms with Crippen molar-refractivity contribution in [1.29, 1.82) is 0 Å². The molecule has 40 heavy (non-hydrogen) atoms. The van der Waals surface area contributed by atoms with Gasteiger partial charge in [0.1, 0.15) is 10.8 Å². The van der Waals surface area contributed by atoms with Crippen LogP contribution in [0.25, 0.3) is 0 Å². The Morgan fingerprint density at radius 3 is 2.55 bits per heavy atom. The number of rotatable bonds is 11. The lowest BCUT2D eigenvalue weighted by molar-refractivity contribution is 0.0964. The maximum atomic E-state index is 12.7. The highest BCUT2D eigenvalue weighted by molar-refractivity contribution is 7.92. The number of para-hydroxylation sites is 1. The summed E-state index contributed by atoms with van der Waals surface area (Å²) >= 11 is 6.33. The Kier molecular flexibility index (Phi) is 9.63. The summed E-state index contributed by atoms with van der Waals surface area (Å²) < 4.78 is 33.6. The number of piperazine rings is 1. The van der Waals surface area contributed by atoms with Crippen molar-refractivity contribution in [2.45, 2.75) is 0 Å². The number of nitrogens with one attached hydrogen (secondary N) is 4. The molecule has 0 unspecified atom stereocenters. The van der Waals surface area contributed by atoms with Gasteiger partial charge in [-0.25, -0.2) is 13.4 Å². The number of benzene rings is 2. The molecule has 0 aliphatic carbocycles. The number of aromatic nitrogens is 2. The Bertz CT molecular complexity index is 1450. The van der Waals surface area contributed by atoms with Crippen molar-refractivity contribution in [1.82, 2.24) is 25.1 Å². The van der Waals surface area contributed by atoms with Gasteiger partial charge in [0, 0.05) is 45.8 Å². The van der Waals surface area contributed by atoms with Crippen molar-refractivity contribution in [3.8, 4) is 5.75 Å². The molecule has 0 bridgehead atoms. The molecule has 1 aromatic heterocycles. The highest BCUT2D eigenvalue weighted by atomic mass is 35.5. The van der Waals surface area contributed by atoms with Crippen LogP contribution in [0.15, 0.2) is 48.7 Å². The third-order valence-corrected chi connectivity index (χ3v) is 7.93. The molecule has 3 aromatic rings. The fourth-order valence-electron chi connectivity index (χ4n) is 4.10. The smallest absolute Gasteiger partial charge is 0.253 e. The number of halogens is 1. The number of sulfonamides is 1. The minimum atomic E-state index is -3.55. The van der Waals surface area contributed by atoms with Gasteiger partial charge in [-0.15, -0.1) is 0 Å². The molecule has 14 heteroatoms. The van der Waals surface area contributed by atoms with Gasteiger partial charge in [0.25, 0.3) is 5.91 Å². The number of ether oxygens (including phenoxy) is 1. The molecule has 12 nitrogen and oxygen atoms in total. The molecule has 1 amide bonds. The molecule has 2 heterocycles. The van der Waals surface area contributed by atoms with E-state index in [0.29, 0.717) is 40.7 Å². The van der Waals surface area contributed by atoms with E-state index < -0.39 is 10.0 Å². The molecule has 0 saturated carbocycles. The maximum Gasteiger partial charge on any atom is 0.253 e. The van der Waals surface area contributed by atoms with E-state index in [1.165, 1.54) is 13.3 Å². The third kappa shape index (κ3) is 7.72. The second-order valence-electron chi connectivity index (χ2n) is 9.25. The third-order valence-electron chi connectivity index (χ3n) is 6.39. The van der Waals surface area contributed by atoms with Crippen molar-refractivity contribution in [3.05, 3.63) is 59.2 Å². The van der Waals surface area contributed by atoms with Crippen LogP contribution < -0.4 is 25.4 Å². The molecule has 0 atom stereocenters. The SMILES string of the molecule is CNC(=O)c1ccccc1Nc1nc(Nc2ccc(NS(=O)(=O)CCN3CCN(C)CC3)cc2OC)ncc1Cl. The second kappa shape index (κ2) is 13.1. The normalized spacial score (nSPS) is 14.4. The average molecular weight is 589 g/mol. The number of likely N-dealkylation sites (N-methyl/N-ethyl adjacent to an activating group) is 1. The monoisotopic (exact) mass is 588 g/mol. The predicted octanol–water partition coefficient (Wildman–Crippen LogP) is 2.97. The second-order valence-corrected chi connectivity index (χ2v) is 11.5. The number of nitrogens with zero attached hydrogens (tertiary/aromatic N) is 4. The number of hydrogen-bond donors (Lipinski definition) is 4. The van der Waals surface area contributed by atoms with Crippen LogP contribution in [0.1, 0.15) is 10.4 Å². The fourth-order valence-corrected chi connectivity index (χ4v) is 5.32. The average Bonchev–Trinajstić information content (AvgIpc) is 2.95. The first-order valence-corrected chi connectivity index (χ1v) is 14.7. The molecule has 1 fully saturated rings. The Hall–Kier alpha value is -3.65. The molecular formula is C26H33ClN8O4S. The summed E-state index contributed by atoms with van der Waals surface area (Å²) in [5.41, 5.74) is 1.85. The van der Waals surface area contributed by atoms with Gasteiger partial charge in [0.15, 0.2) is 5.82 Å². The first-order valence-electron chi connectivity index (χ1n) is 12.6. The summed E-state index contributed by atoms with van der Waals surface area (Å²) in [6.07, 6.45) is 1.43. The van der Waals surface area contributed by atoms with Gasteiger partial charge in [0.05, 0.1) is 41.7 Å². The van der Waals surface area contributed by atoms with Gasteiger partial charge in [0.2, 0.25) is 16.0 Å². The first-order chi connectivity index (χ1) is 19.2. The summed E-state index contributed by atoms with van der Waals surface area (Å²) in [4.78, 5) is 25.3. The largest absolute Gasteiger partial charge is 0.494 e. The van der Waals surface area contributed by atoms with Crippen LogP contribution in [0, 0.1) is 0 Å². The van der Waals surface area contributed by atoms with Gasteiger partial charge >= 0.3 is 0 Å². The number of carbonyl (C=O) groups excluding carboxylic acids is 1. The summed E-state index contributed by atoms with van der Waals surface area (Å²) in [7, 11) is 1.54. The minimum Gasteiger partial charge on any atom is -0.494 e. The first kappa shape index (κ1) is 29.3. The van der Waals surface area contributed by atoms with E-state index in [4.69, 9.17) is 16.3 Å². The summed E-state index contributed by atoms with van der Waals surface area (Å²) in [5, 5.41) is 9.02. The zero-order valence-corrected chi connectivity index (χ0v) is 24.1. The van der Waals surface area contributed by atoms with Gasteiger partial charge in [-0.1, -0.05) is 23.7 Å². The molecule has 1 aliphatic rings. The van der Waals surface area contributed by atoms with E-state index in [1.807, 2.05) is 0 Å². The molecule has 214 valence electrons. The number of carbonyl (C=O) groups is 1. The summed E-state index contributed by atoms with van der Waals surface area (Å²) in [6, 6.07) is 11.9. The van der Waals surface area contributed by atoms with Crippen LogP contribution in [-0.2, 0) is 10.0 Å². The molecule has 4 rings (SSSR count). The number of methoxy groups -OCH3 is 1. The van der Waals surface area contributed by atoms with E-state index in [1.54, 1.807) is 49.5 Å². The molecule has 1 saturated heterocycles. The Labute approximate surface area is 239 Å². The predicted molar refractivity (Wildman–Crippen MR) is 158 cm³/mol. The van der Waals surface area contributed by atoms with Gasteiger partial charge in [-0.3, -0.25) is 14.4 Å². The van der Waals surface area contributed by atoms with Gasteiger partial charge in [-0.2, -0.15) is 4.98 Å². The van der Waals surface area contributed by atoms with Crippen molar-refractivity contribution in [2.24, 2.45) is 0 Å². The molecule has 0 radical (unpaired) electrons. The Morgan fingerprint density at radius 2 is 1.82 bits per heavy atom. The molecule has 0 spiro atoms. The van der Waals surface area contributed by atoms with Gasteiger partial charge in [-0.05, 0) is 31.3 Å². The maximum absolute atomic E-state index is 12.7. The molecule has 2 aromatic carbocycles. The van der Waals surface area contributed by atoms with Crippen molar-refractivity contribution < 1.29 is 17.9 Å². The van der Waals surface area contributed by atoms with Crippen LogP contribution in [0.3, 0.4) is 0 Å². The number of hydrogen-bond acceptors (Lipinski definition) is 10. The van der Waals surface area contributed by atoms with Crippen LogP contribution in [0.5, 0.6) is 5.75 Å². The molecule has 1 aliphatic heterocycles. The molecular weight excluding hydrogens is 556 g/mol. The highest BCUT2D eigenvalue weighted by Crippen LogP contribution is 2.32. The summed E-state index contributed by atoms with van der Waals surface area (Å²) in [5.74, 6) is 0.627. The quantitative estimate of drug-likeness (QED) is 0.264. The van der Waals surface area contributed by atoms with Crippen LogP contribution in [0.4, 0.5) is 28.8 Å². The van der Waals surface area contributed by atoms with Crippen LogP contribution >= 0.6 is 11.6 Å². The van der Waals surface area contributed by atoms with Crippen LogP contribution in [0.2, 0.25) is 5.02 Å². The zero-order chi connectivity index (χ0) is 28.7. The van der Waals surface area contributed by atoms with Crippen molar-refractivity contribution in [2.75, 3.05) is 75.0 Å². The van der Waals surface area contributed by atoms with Gasteiger partial charge < -0.3 is 25.6 Å². The van der Waals surface area contributed by atoms with E-state index in [0.717, 1.165) is 26.2 Å². The summed E-state index contributed by atoms with van der Waals surface area (Å²) in [6.45, 7) is 4.03. The number of anilines is 5. The zero-order valence-electron chi connectivity index (χ0n) is 22.6. The van der Waals surface area contributed by atoms with E-state index >= 15 is 0 Å². The minimum absolute atomic E-state index is 0.00350. The molecule has 4 N–H and O–H groups in total. The lowest BCUT2D eigenvalue weighted by atomic mass is 10.1. The fraction of sp³-hybridized carbons (Fsp3) is 0.346. The lowest BCUT2D eigenvalue weighted by Crippen LogP contribution is -2.46. The van der Waals surface area contributed by atoms with Crippen LogP contribution in [-0.4, -0.2) is 93.8 Å². The van der Waals surface area contributed by atoms with E-state index in [-0.39, 0.29) is 22.6 Å². The van der Waals surface area contributed by atoms with Crippen molar-refractivity contribution in [3.63, 3.8) is 0 Å². The number of amides is 1. The highest BCUT2D eigenvalue weighted by Gasteiger charge is 2.19. The van der Waals surface area contributed by atoms with E-state index in [9.17, 15) is 13.2 Å². The lowest BCUT2D eigenvalue weighted by Gasteiger charge is -2.32. The van der Waals surface area contributed by atoms with E-state index in [2.05, 4.69) is 47.5 Å². The topological polar surface area (TPSA) is 141 Å². The standard InChI is InChI=1S/C26H33ClN8O4S/c1-28-25(36)19-6-4-5-7-21(19)30-24-20(27)17-29-26(32-24)31-22-9-8-18(16-23(22)39-3)33-40(37,38)15-14-35-12-10-34(2)11-13-35/h4-9,16-17,33H,10-15H2,1-3H3,(H,28,36)(H2,29,30,31,32). The Balaban J connectivity index is 1.45. The van der Waals surface area contributed by atoms with Crippen molar-refractivity contribution >= 4 is 56.4 Å². The Morgan fingerprint density at radius 1 is 1.07 bits per heavy atom.